The van der Waals surface area contributed by atoms with Crippen LogP contribution in [0.4, 0.5) is 4.79 Å². The number of ether oxygens (including phenoxy) is 1. The molecule has 1 unspecified atom stereocenters. The second kappa shape index (κ2) is 6.89. The van der Waals surface area contributed by atoms with E-state index in [0.717, 1.165) is 5.56 Å². The van der Waals surface area contributed by atoms with Gasteiger partial charge in [-0.05, 0) is 12.0 Å². The molecular weight excluding hydrogens is 254 g/mol. The third kappa shape index (κ3) is 3.70. The van der Waals surface area contributed by atoms with Crippen LogP contribution in [0.3, 0.4) is 0 Å². The molecule has 4 nitrogen and oxygen atoms in total. The van der Waals surface area contributed by atoms with Gasteiger partial charge in [-0.15, -0.1) is 6.58 Å². The second-order valence-electron chi connectivity index (χ2n) is 4.92. The zero-order chi connectivity index (χ0) is 14.4. The van der Waals surface area contributed by atoms with Gasteiger partial charge in [0.1, 0.15) is 12.4 Å². The van der Waals surface area contributed by atoms with Crippen LogP contribution in [-0.4, -0.2) is 29.9 Å². The molecule has 1 amide bonds. The number of rotatable bonds is 4. The molecule has 106 valence electrons. The van der Waals surface area contributed by atoms with Crippen LogP contribution in [0.1, 0.15) is 18.4 Å². The zero-order valence-electron chi connectivity index (χ0n) is 11.5. The molecule has 1 aromatic carbocycles. The van der Waals surface area contributed by atoms with E-state index in [9.17, 15) is 9.59 Å². The molecule has 1 heterocycles. The predicted molar refractivity (Wildman–Crippen MR) is 76.1 cm³/mol. The molecule has 1 fully saturated rings. The summed E-state index contributed by atoms with van der Waals surface area (Å²) in [6, 6.07) is 9.55. The van der Waals surface area contributed by atoms with Crippen LogP contribution in [0.5, 0.6) is 0 Å². The van der Waals surface area contributed by atoms with Gasteiger partial charge in [0.2, 0.25) is 0 Å². The van der Waals surface area contributed by atoms with E-state index in [2.05, 4.69) is 6.58 Å². The largest absolute Gasteiger partial charge is 0.445 e. The van der Waals surface area contributed by atoms with Crippen molar-refractivity contribution in [1.29, 1.82) is 0 Å². The van der Waals surface area contributed by atoms with Gasteiger partial charge in [-0.25, -0.2) is 4.79 Å². The van der Waals surface area contributed by atoms with Crippen molar-refractivity contribution >= 4 is 11.9 Å². The Hall–Kier alpha value is -2.10. The Morgan fingerprint density at radius 3 is 2.85 bits per heavy atom. The summed E-state index contributed by atoms with van der Waals surface area (Å²) in [5, 5.41) is 0. The molecule has 1 atom stereocenters. The van der Waals surface area contributed by atoms with E-state index in [1.807, 2.05) is 30.3 Å². The van der Waals surface area contributed by atoms with Gasteiger partial charge in [-0.1, -0.05) is 36.4 Å². The van der Waals surface area contributed by atoms with Gasteiger partial charge in [-0.2, -0.15) is 0 Å². The summed E-state index contributed by atoms with van der Waals surface area (Å²) in [5.41, 5.74) is 0.955. The minimum atomic E-state index is -0.351. The summed E-state index contributed by atoms with van der Waals surface area (Å²) in [4.78, 5) is 25.3. The fraction of sp³-hybridized carbons (Fsp3) is 0.375. The number of carbonyl (C=O) groups excluding carboxylic acids is 2. The maximum absolute atomic E-state index is 12.0. The monoisotopic (exact) mass is 273 g/mol. The highest BCUT2D eigenvalue weighted by Crippen LogP contribution is 2.17. The Labute approximate surface area is 119 Å². The first-order valence-electron chi connectivity index (χ1n) is 6.80. The molecule has 0 N–H and O–H groups in total. The number of Topliss-reactive ketones (excluding diaryl/α,β-unsaturated/α-hetero) is 1. The predicted octanol–water partition coefficient (Wildman–Crippen LogP) is 2.79. The molecule has 0 saturated carbocycles. The molecule has 0 bridgehead atoms. The lowest BCUT2D eigenvalue weighted by Crippen LogP contribution is -2.44. The van der Waals surface area contributed by atoms with Crippen LogP contribution in [0, 0.1) is 5.92 Å². The number of nitrogens with zero attached hydrogens (tertiary/aromatic N) is 1. The average molecular weight is 273 g/mol. The van der Waals surface area contributed by atoms with Gasteiger partial charge in [-0.3, -0.25) is 4.79 Å². The number of carbonyl (C=O) groups is 2. The molecule has 0 aliphatic carbocycles. The molecule has 1 aliphatic rings. The third-order valence-corrected chi connectivity index (χ3v) is 3.44. The Bertz CT molecular complexity index is 484. The normalized spacial score (nSPS) is 18.7. The van der Waals surface area contributed by atoms with E-state index >= 15 is 0 Å². The molecular formula is C16H19NO3. The van der Waals surface area contributed by atoms with Crippen LogP contribution in [-0.2, 0) is 16.1 Å². The Morgan fingerprint density at radius 2 is 2.15 bits per heavy atom. The highest BCUT2D eigenvalue weighted by atomic mass is 16.6. The van der Waals surface area contributed by atoms with Crippen molar-refractivity contribution in [3.63, 3.8) is 0 Å². The zero-order valence-corrected chi connectivity index (χ0v) is 11.5. The van der Waals surface area contributed by atoms with Crippen LogP contribution in [0.15, 0.2) is 43.0 Å². The van der Waals surface area contributed by atoms with Gasteiger partial charge < -0.3 is 9.64 Å². The van der Waals surface area contributed by atoms with E-state index < -0.39 is 0 Å². The highest BCUT2D eigenvalue weighted by Gasteiger charge is 2.29. The molecule has 0 aromatic heterocycles. The van der Waals surface area contributed by atoms with Crippen molar-refractivity contribution in [2.75, 3.05) is 13.1 Å². The topological polar surface area (TPSA) is 46.6 Å². The molecule has 1 aromatic rings. The molecule has 2 rings (SSSR count). The first-order chi connectivity index (χ1) is 9.70. The van der Waals surface area contributed by atoms with Crippen molar-refractivity contribution in [3.8, 4) is 0 Å². The fourth-order valence-corrected chi connectivity index (χ4v) is 2.29. The Balaban J connectivity index is 1.86. The minimum Gasteiger partial charge on any atom is -0.445 e. The summed E-state index contributed by atoms with van der Waals surface area (Å²) in [6.07, 6.45) is 2.39. The van der Waals surface area contributed by atoms with Crippen molar-refractivity contribution in [3.05, 3.63) is 48.6 Å². The van der Waals surface area contributed by atoms with Gasteiger partial charge in [0.25, 0.3) is 0 Å². The summed E-state index contributed by atoms with van der Waals surface area (Å²) in [5.74, 6) is 0.0718. The lowest BCUT2D eigenvalue weighted by Gasteiger charge is -2.30. The van der Waals surface area contributed by atoms with Gasteiger partial charge >= 0.3 is 6.09 Å². The van der Waals surface area contributed by atoms with Crippen molar-refractivity contribution in [1.82, 2.24) is 4.90 Å². The van der Waals surface area contributed by atoms with E-state index in [0.29, 0.717) is 25.9 Å². The van der Waals surface area contributed by atoms with Crippen LogP contribution in [0.25, 0.3) is 0 Å². The second-order valence-corrected chi connectivity index (χ2v) is 4.92. The molecule has 20 heavy (non-hydrogen) atoms. The molecule has 0 spiro atoms. The van der Waals surface area contributed by atoms with Crippen molar-refractivity contribution < 1.29 is 14.3 Å². The van der Waals surface area contributed by atoms with Crippen LogP contribution >= 0.6 is 0 Å². The molecule has 1 saturated heterocycles. The number of allylic oxidation sites excluding steroid dienone is 1. The summed E-state index contributed by atoms with van der Waals surface area (Å²) in [7, 11) is 0. The van der Waals surface area contributed by atoms with Crippen LogP contribution < -0.4 is 0 Å². The Morgan fingerprint density at radius 1 is 1.40 bits per heavy atom. The minimum absolute atomic E-state index is 0.134. The number of ketones is 1. The van der Waals surface area contributed by atoms with E-state index in [-0.39, 0.29) is 24.4 Å². The molecule has 0 radical (unpaired) electrons. The number of hydrogen-bond donors (Lipinski definition) is 0. The van der Waals surface area contributed by atoms with E-state index in [1.165, 1.54) is 0 Å². The van der Waals surface area contributed by atoms with E-state index in [4.69, 9.17) is 4.74 Å². The standard InChI is InChI=1S/C16H19NO3/c1-2-6-14-11-17(10-9-15(14)18)16(19)20-12-13-7-4-3-5-8-13/h2-5,7-8,14H,1,6,9-12H2. The number of piperidine rings is 1. The smallest absolute Gasteiger partial charge is 0.410 e. The van der Waals surface area contributed by atoms with Crippen LogP contribution in [0.2, 0.25) is 0 Å². The maximum Gasteiger partial charge on any atom is 0.410 e. The van der Waals surface area contributed by atoms with Gasteiger partial charge in [0, 0.05) is 25.4 Å². The third-order valence-electron chi connectivity index (χ3n) is 3.44. The molecule has 1 aliphatic heterocycles. The quantitative estimate of drug-likeness (QED) is 0.792. The van der Waals surface area contributed by atoms with Gasteiger partial charge in [0.05, 0.1) is 0 Å². The van der Waals surface area contributed by atoms with Gasteiger partial charge in [0.15, 0.2) is 0 Å². The summed E-state index contributed by atoms with van der Waals surface area (Å²) >= 11 is 0. The SMILES string of the molecule is C=CCC1CN(C(=O)OCc2ccccc2)CCC1=O. The number of likely N-dealkylation sites (tertiary alicyclic amines) is 1. The lowest BCUT2D eigenvalue weighted by atomic mass is 9.94. The lowest BCUT2D eigenvalue weighted by molar-refractivity contribution is -0.125. The summed E-state index contributed by atoms with van der Waals surface area (Å²) in [6.45, 7) is 4.78. The fourth-order valence-electron chi connectivity index (χ4n) is 2.29. The highest BCUT2D eigenvalue weighted by molar-refractivity contribution is 5.84. The maximum atomic E-state index is 12.0. The van der Waals surface area contributed by atoms with Crippen molar-refractivity contribution in [2.45, 2.75) is 19.4 Å². The molecule has 4 heteroatoms. The first kappa shape index (κ1) is 14.3. The first-order valence-corrected chi connectivity index (χ1v) is 6.80. The van der Waals surface area contributed by atoms with Crippen molar-refractivity contribution in [2.24, 2.45) is 5.92 Å². The number of amides is 1. The Kier molecular flexibility index (Phi) is 4.93. The number of hydrogen-bond acceptors (Lipinski definition) is 3. The van der Waals surface area contributed by atoms with E-state index in [1.54, 1.807) is 11.0 Å². The average Bonchev–Trinajstić information content (AvgIpc) is 2.48. The number of benzene rings is 1. The summed E-state index contributed by atoms with van der Waals surface area (Å²) < 4.78 is 5.28.